The van der Waals surface area contributed by atoms with Crippen molar-refractivity contribution in [2.75, 3.05) is 25.1 Å². The summed E-state index contributed by atoms with van der Waals surface area (Å²) in [5, 5.41) is 36.9. The Kier molecular flexibility index (Phi) is 5.91. The van der Waals surface area contributed by atoms with E-state index in [0.717, 1.165) is 5.69 Å². The molecule has 1 rings (SSSR count). The molecule has 0 radical (unpaired) electrons. The summed E-state index contributed by atoms with van der Waals surface area (Å²) in [6.45, 7) is -0.833. The lowest BCUT2D eigenvalue weighted by Crippen LogP contribution is -2.46. The second-order valence-electron chi connectivity index (χ2n) is 4.34. The number of carbonyl (C=O) groups excluding carboxylic acids is 1. The zero-order chi connectivity index (χ0) is 14.4. The predicted molar refractivity (Wildman–Crippen MR) is 69.8 cm³/mol. The molecular weight excluding hydrogens is 250 g/mol. The van der Waals surface area contributed by atoms with Crippen molar-refractivity contribution in [3.05, 3.63) is 30.3 Å². The van der Waals surface area contributed by atoms with Crippen LogP contribution in [0.3, 0.4) is 0 Å². The van der Waals surface area contributed by atoms with Gasteiger partial charge in [-0.1, -0.05) is 18.2 Å². The Bertz CT molecular complexity index is 397. The molecule has 0 amide bonds. The highest BCUT2D eigenvalue weighted by atomic mass is 16.4. The van der Waals surface area contributed by atoms with E-state index in [1.165, 1.54) is 0 Å². The van der Waals surface area contributed by atoms with Crippen molar-refractivity contribution >= 4 is 11.5 Å². The maximum atomic E-state index is 11.7. The van der Waals surface area contributed by atoms with Gasteiger partial charge in [0.05, 0.1) is 13.2 Å². The van der Waals surface area contributed by atoms with Crippen LogP contribution < -0.4 is 4.90 Å². The second kappa shape index (κ2) is 7.20. The quantitative estimate of drug-likeness (QED) is 0.494. The van der Waals surface area contributed by atoms with E-state index in [4.69, 9.17) is 5.11 Å². The number of likely N-dealkylation sites (N-methyl/N-ethyl adjacent to an activating group) is 1. The molecule has 19 heavy (non-hydrogen) atoms. The monoisotopic (exact) mass is 269 g/mol. The fraction of sp³-hybridized carbons (Fsp3) is 0.462. The maximum absolute atomic E-state index is 11.7. The molecule has 0 aliphatic rings. The molecule has 0 heterocycles. The molecule has 3 atom stereocenters. The van der Waals surface area contributed by atoms with E-state index in [9.17, 15) is 20.1 Å². The third kappa shape index (κ3) is 4.29. The van der Waals surface area contributed by atoms with Crippen LogP contribution in [0.15, 0.2) is 30.3 Å². The summed E-state index contributed by atoms with van der Waals surface area (Å²) in [7, 11) is 1.68. The van der Waals surface area contributed by atoms with Gasteiger partial charge in [-0.15, -0.1) is 0 Å². The topological polar surface area (TPSA) is 101 Å². The highest BCUT2D eigenvalue weighted by Gasteiger charge is 2.30. The van der Waals surface area contributed by atoms with Gasteiger partial charge in [-0.05, 0) is 12.1 Å². The summed E-state index contributed by atoms with van der Waals surface area (Å²) >= 11 is 0. The smallest absolute Gasteiger partial charge is 0.183 e. The fourth-order valence-electron chi connectivity index (χ4n) is 1.61. The van der Waals surface area contributed by atoms with Crippen LogP contribution in [0.1, 0.15) is 0 Å². The van der Waals surface area contributed by atoms with Gasteiger partial charge in [0.15, 0.2) is 5.78 Å². The molecule has 0 aromatic heterocycles. The van der Waals surface area contributed by atoms with E-state index in [0.29, 0.717) is 0 Å². The van der Waals surface area contributed by atoms with E-state index in [1.54, 1.807) is 24.1 Å². The molecule has 106 valence electrons. The molecule has 0 spiro atoms. The molecule has 6 heteroatoms. The first-order valence-corrected chi connectivity index (χ1v) is 5.91. The van der Waals surface area contributed by atoms with Gasteiger partial charge in [0.2, 0.25) is 0 Å². The minimum Gasteiger partial charge on any atom is -0.394 e. The summed E-state index contributed by atoms with van der Waals surface area (Å²) in [6, 6.07) is 9.08. The number of aliphatic hydroxyl groups is 4. The number of carbonyl (C=O) groups is 1. The Hall–Kier alpha value is -1.47. The standard InChI is InChI=1S/C13H19NO5/c1-14(9-5-3-2-4-6-9)7-10(16)12(18)13(19)11(17)8-15/h2-6,11-13,15,17-19H,7-8H2,1H3/t11-,12-,13+/m1/s1. The van der Waals surface area contributed by atoms with Crippen LogP contribution in [0, 0.1) is 0 Å². The van der Waals surface area contributed by atoms with E-state index in [1.807, 2.05) is 18.2 Å². The van der Waals surface area contributed by atoms with Gasteiger partial charge >= 0.3 is 0 Å². The van der Waals surface area contributed by atoms with Crippen LogP contribution in [0.4, 0.5) is 5.69 Å². The molecule has 0 saturated heterocycles. The second-order valence-corrected chi connectivity index (χ2v) is 4.34. The fourth-order valence-corrected chi connectivity index (χ4v) is 1.61. The van der Waals surface area contributed by atoms with Crippen molar-refractivity contribution in [2.24, 2.45) is 0 Å². The molecule has 0 bridgehead atoms. The summed E-state index contributed by atoms with van der Waals surface area (Å²) < 4.78 is 0. The van der Waals surface area contributed by atoms with Gasteiger partial charge in [-0.3, -0.25) is 4.79 Å². The zero-order valence-electron chi connectivity index (χ0n) is 10.7. The lowest BCUT2D eigenvalue weighted by atomic mass is 10.0. The number of benzene rings is 1. The van der Waals surface area contributed by atoms with Crippen molar-refractivity contribution in [3.63, 3.8) is 0 Å². The van der Waals surface area contributed by atoms with Gasteiger partial charge < -0.3 is 25.3 Å². The molecular formula is C13H19NO5. The Morgan fingerprint density at radius 2 is 1.79 bits per heavy atom. The van der Waals surface area contributed by atoms with E-state index >= 15 is 0 Å². The van der Waals surface area contributed by atoms with Gasteiger partial charge in [0.1, 0.15) is 18.3 Å². The first kappa shape index (κ1) is 15.6. The van der Waals surface area contributed by atoms with Crippen molar-refractivity contribution < 1.29 is 25.2 Å². The largest absolute Gasteiger partial charge is 0.394 e. The Balaban J connectivity index is 2.59. The highest BCUT2D eigenvalue weighted by Crippen LogP contribution is 2.11. The molecule has 4 N–H and O–H groups in total. The van der Waals surface area contributed by atoms with Gasteiger partial charge in [-0.25, -0.2) is 0 Å². The summed E-state index contributed by atoms with van der Waals surface area (Å²) in [6.07, 6.45) is -4.96. The van der Waals surface area contributed by atoms with Crippen molar-refractivity contribution in [2.45, 2.75) is 18.3 Å². The molecule has 0 fully saturated rings. The molecule has 0 unspecified atom stereocenters. The minimum atomic E-state index is -1.73. The summed E-state index contributed by atoms with van der Waals surface area (Å²) in [4.78, 5) is 13.4. The summed E-state index contributed by atoms with van der Waals surface area (Å²) in [5.74, 6) is -0.633. The minimum absolute atomic E-state index is 0.111. The molecule has 1 aromatic rings. The van der Waals surface area contributed by atoms with Crippen LogP contribution in [-0.4, -0.2) is 64.7 Å². The first-order valence-electron chi connectivity index (χ1n) is 5.91. The number of aliphatic hydroxyl groups excluding tert-OH is 4. The van der Waals surface area contributed by atoms with Crippen LogP contribution in [0.5, 0.6) is 0 Å². The maximum Gasteiger partial charge on any atom is 0.183 e. The van der Waals surface area contributed by atoms with E-state index < -0.39 is 30.7 Å². The Labute approximate surface area is 111 Å². The SMILES string of the molecule is CN(CC(=O)[C@@H](O)[C@@H](O)[C@H](O)CO)c1ccccc1. The van der Waals surface area contributed by atoms with Crippen molar-refractivity contribution in [3.8, 4) is 0 Å². The third-order valence-electron chi connectivity index (χ3n) is 2.82. The number of hydrogen-bond donors (Lipinski definition) is 4. The van der Waals surface area contributed by atoms with Crippen LogP contribution >= 0.6 is 0 Å². The number of anilines is 1. The van der Waals surface area contributed by atoms with Gasteiger partial charge in [-0.2, -0.15) is 0 Å². The number of para-hydroxylation sites is 1. The predicted octanol–water partition coefficient (Wildman–Crippen LogP) is -1.23. The number of rotatable bonds is 7. The lowest BCUT2D eigenvalue weighted by molar-refractivity contribution is -0.138. The Morgan fingerprint density at radius 3 is 2.32 bits per heavy atom. The molecule has 6 nitrogen and oxygen atoms in total. The number of hydrogen-bond acceptors (Lipinski definition) is 6. The highest BCUT2D eigenvalue weighted by molar-refractivity contribution is 5.87. The van der Waals surface area contributed by atoms with Crippen LogP contribution in [0.2, 0.25) is 0 Å². The van der Waals surface area contributed by atoms with Crippen molar-refractivity contribution in [1.82, 2.24) is 0 Å². The Morgan fingerprint density at radius 1 is 1.21 bits per heavy atom. The number of nitrogens with zero attached hydrogens (tertiary/aromatic N) is 1. The van der Waals surface area contributed by atoms with Crippen LogP contribution in [0.25, 0.3) is 0 Å². The summed E-state index contributed by atoms with van der Waals surface area (Å²) in [5.41, 5.74) is 0.792. The first-order chi connectivity index (χ1) is 8.97. The zero-order valence-corrected chi connectivity index (χ0v) is 10.7. The third-order valence-corrected chi connectivity index (χ3v) is 2.82. The molecule has 0 saturated carbocycles. The van der Waals surface area contributed by atoms with Crippen molar-refractivity contribution in [1.29, 1.82) is 0 Å². The normalized spacial score (nSPS) is 15.6. The molecule has 1 aromatic carbocycles. The average Bonchev–Trinajstić information content (AvgIpc) is 2.45. The van der Waals surface area contributed by atoms with E-state index in [-0.39, 0.29) is 6.54 Å². The van der Waals surface area contributed by atoms with E-state index in [2.05, 4.69) is 0 Å². The van der Waals surface area contributed by atoms with Gasteiger partial charge in [0, 0.05) is 12.7 Å². The molecule has 0 aliphatic heterocycles. The van der Waals surface area contributed by atoms with Gasteiger partial charge in [0.25, 0.3) is 0 Å². The number of Topliss-reactive ketones (excluding diaryl/α,β-unsaturated/α-hetero) is 1. The lowest BCUT2D eigenvalue weighted by Gasteiger charge is -2.24. The molecule has 0 aliphatic carbocycles. The number of ketones is 1. The average molecular weight is 269 g/mol. The van der Waals surface area contributed by atoms with Crippen LogP contribution in [-0.2, 0) is 4.79 Å².